The summed E-state index contributed by atoms with van der Waals surface area (Å²) >= 11 is 5.87. The molecule has 0 saturated carbocycles. The quantitative estimate of drug-likeness (QED) is 0.518. The third-order valence-electron chi connectivity index (χ3n) is 3.24. The molecule has 7 heteroatoms. The van der Waals surface area contributed by atoms with Crippen molar-refractivity contribution in [1.29, 1.82) is 5.26 Å². The molecule has 0 aliphatic heterocycles. The van der Waals surface area contributed by atoms with E-state index in [-0.39, 0.29) is 17.9 Å². The molecule has 128 valence electrons. The molecule has 0 fully saturated rings. The number of rotatable bonds is 7. The molecule has 1 aromatic rings. The fourth-order valence-corrected chi connectivity index (χ4v) is 2.24. The number of carbonyl (C=O) groups excluding carboxylic acids is 1. The Morgan fingerprint density at radius 3 is 2.58 bits per heavy atom. The number of nitriles is 1. The van der Waals surface area contributed by atoms with E-state index in [0.29, 0.717) is 10.7 Å². The van der Waals surface area contributed by atoms with Crippen LogP contribution >= 0.6 is 11.6 Å². The largest absolute Gasteiger partial charge is 0.480 e. The molecular weight excluding hydrogens is 330 g/mol. The van der Waals surface area contributed by atoms with Crippen LogP contribution in [0, 0.1) is 24.2 Å². The summed E-state index contributed by atoms with van der Waals surface area (Å²) in [6.45, 7) is 5.54. The molecular formula is C17H20ClN3O3. The third-order valence-corrected chi connectivity index (χ3v) is 3.47. The van der Waals surface area contributed by atoms with Gasteiger partial charge in [-0.2, -0.15) is 5.26 Å². The molecule has 1 rings (SSSR count). The Kier molecular flexibility index (Phi) is 7.28. The number of aryl methyl sites for hydroxylation is 1. The summed E-state index contributed by atoms with van der Waals surface area (Å²) in [7, 11) is 0. The molecule has 1 atom stereocenters. The second-order valence-corrected chi connectivity index (χ2v) is 6.20. The minimum absolute atomic E-state index is 0.0933. The van der Waals surface area contributed by atoms with Crippen molar-refractivity contribution in [2.75, 3.05) is 5.32 Å². The molecule has 0 aliphatic rings. The topological polar surface area (TPSA) is 102 Å². The van der Waals surface area contributed by atoms with Gasteiger partial charge in [-0.1, -0.05) is 25.4 Å². The highest BCUT2D eigenvalue weighted by molar-refractivity contribution is 6.30. The first-order valence-electron chi connectivity index (χ1n) is 7.41. The highest BCUT2D eigenvalue weighted by Gasteiger charge is 2.22. The van der Waals surface area contributed by atoms with Crippen LogP contribution in [0.5, 0.6) is 0 Å². The number of anilines is 1. The van der Waals surface area contributed by atoms with Gasteiger partial charge in [0.25, 0.3) is 5.91 Å². The van der Waals surface area contributed by atoms with Crippen LogP contribution in [0.15, 0.2) is 30.0 Å². The van der Waals surface area contributed by atoms with Gasteiger partial charge in [0.2, 0.25) is 0 Å². The molecule has 1 amide bonds. The molecule has 1 unspecified atom stereocenters. The summed E-state index contributed by atoms with van der Waals surface area (Å²) in [4.78, 5) is 23.3. The second kappa shape index (κ2) is 8.94. The summed E-state index contributed by atoms with van der Waals surface area (Å²) in [5, 5.41) is 24.1. The smallest absolute Gasteiger partial charge is 0.326 e. The Morgan fingerprint density at radius 2 is 2.08 bits per heavy atom. The maximum absolute atomic E-state index is 12.1. The molecule has 0 aliphatic carbocycles. The van der Waals surface area contributed by atoms with Crippen LogP contribution < -0.4 is 10.6 Å². The van der Waals surface area contributed by atoms with Crippen LogP contribution in [0.3, 0.4) is 0 Å². The number of aliphatic carboxylic acids is 1. The van der Waals surface area contributed by atoms with Crippen molar-refractivity contribution in [3.8, 4) is 6.07 Å². The molecule has 0 heterocycles. The first kappa shape index (κ1) is 19.5. The normalized spacial score (nSPS) is 12.4. The highest BCUT2D eigenvalue weighted by atomic mass is 35.5. The van der Waals surface area contributed by atoms with E-state index in [1.165, 1.54) is 6.20 Å². The van der Waals surface area contributed by atoms with Crippen LogP contribution in [-0.2, 0) is 9.59 Å². The molecule has 0 bridgehead atoms. The molecule has 3 N–H and O–H groups in total. The molecule has 0 saturated heterocycles. The van der Waals surface area contributed by atoms with Gasteiger partial charge < -0.3 is 15.7 Å². The van der Waals surface area contributed by atoms with Crippen molar-refractivity contribution in [2.45, 2.75) is 33.2 Å². The lowest BCUT2D eigenvalue weighted by atomic mass is 10.0. The fraction of sp³-hybridized carbons (Fsp3) is 0.353. The zero-order valence-electron chi connectivity index (χ0n) is 13.8. The summed E-state index contributed by atoms with van der Waals surface area (Å²) < 4.78 is 0. The molecule has 0 radical (unpaired) electrons. The van der Waals surface area contributed by atoms with Gasteiger partial charge in [-0.25, -0.2) is 4.79 Å². The zero-order valence-corrected chi connectivity index (χ0v) is 14.5. The lowest BCUT2D eigenvalue weighted by Crippen LogP contribution is -2.42. The zero-order chi connectivity index (χ0) is 18.3. The molecule has 1 aromatic carbocycles. The first-order valence-corrected chi connectivity index (χ1v) is 7.79. The predicted molar refractivity (Wildman–Crippen MR) is 92.5 cm³/mol. The van der Waals surface area contributed by atoms with Gasteiger partial charge in [0.1, 0.15) is 17.7 Å². The average molecular weight is 350 g/mol. The number of halogens is 1. The van der Waals surface area contributed by atoms with Crippen LogP contribution in [0.25, 0.3) is 0 Å². The molecule has 24 heavy (non-hydrogen) atoms. The van der Waals surface area contributed by atoms with E-state index in [1.54, 1.807) is 24.3 Å². The Hall–Kier alpha value is -2.52. The standard InChI is InChI=1S/C17H20ClN3O3/c1-10(2)6-15(17(23)24)21-16(22)12(8-19)9-20-14-5-4-13(18)7-11(14)3/h4-5,7,9-10,15,20H,6H2,1-3H3,(H,21,22)(H,23,24)/b12-9-. The first-order chi connectivity index (χ1) is 11.2. The number of amides is 1. The van der Waals surface area contributed by atoms with Gasteiger partial charge >= 0.3 is 5.97 Å². The number of carboxylic acid groups (broad SMARTS) is 1. The van der Waals surface area contributed by atoms with Crippen molar-refractivity contribution in [2.24, 2.45) is 5.92 Å². The van der Waals surface area contributed by atoms with Gasteiger partial charge in [-0.05, 0) is 43.0 Å². The fourth-order valence-electron chi connectivity index (χ4n) is 2.02. The van der Waals surface area contributed by atoms with Gasteiger partial charge in [0, 0.05) is 16.9 Å². The molecule has 0 aromatic heterocycles. The summed E-state index contributed by atoms with van der Waals surface area (Å²) in [5.74, 6) is -1.77. The van der Waals surface area contributed by atoms with Crippen LogP contribution in [0.1, 0.15) is 25.8 Å². The number of nitrogens with zero attached hydrogens (tertiary/aromatic N) is 1. The Balaban J connectivity index is 2.85. The van der Waals surface area contributed by atoms with Gasteiger partial charge in [-0.15, -0.1) is 0 Å². The van der Waals surface area contributed by atoms with E-state index in [9.17, 15) is 9.59 Å². The Labute approximate surface area is 146 Å². The van der Waals surface area contributed by atoms with Crippen LogP contribution in [0.4, 0.5) is 5.69 Å². The van der Waals surface area contributed by atoms with E-state index >= 15 is 0 Å². The maximum atomic E-state index is 12.1. The third kappa shape index (κ3) is 5.94. The lowest BCUT2D eigenvalue weighted by Gasteiger charge is -2.16. The molecule has 0 spiro atoms. The minimum Gasteiger partial charge on any atom is -0.480 e. The monoisotopic (exact) mass is 349 g/mol. The van der Waals surface area contributed by atoms with E-state index < -0.39 is 17.9 Å². The van der Waals surface area contributed by atoms with Crippen molar-refractivity contribution in [3.63, 3.8) is 0 Å². The van der Waals surface area contributed by atoms with E-state index in [1.807, 2.05) is 20.8 Å². The van der Waals surface area contributed by atoms with Crippen molar-refractivity contribution in [3.05, 3.63) is 40.6 Å². The number of nitrogens with one attached hydrogen (secondary N) is 2. The highest BCUT2D eigenvalue weighted by Crippen LogP contribution is 2.19. The van der Waals surface area contributed by atoms with Crippen LogP contribution in [0.2, 0.25) is 5.02 Å². The lowest BCUT2D eigenvalue weighted by molar-refractivity contribution is -0.141. The predicted octanol–water partition coefficient (Wildman–Crippen LogP) is 3.08. The Bertz CT molecular complexity index is 693. The van der Waals surface area contributed by atoms with E-state index in [2.05, 4.69) is 10.6 Å². The second-order valence-electron chi connectivity index (χ2n) is 5.77. The van der Waals surface area contributed by atoms with E-state index in [0.717, 1.165) is 5.56 Å². The number of hydrogen-bond acceptors (Lipinski definition) is 4. The number of hydrogen-bond donors (Lipinski definition) is 3. The van der Waals surface area contributed by atoms with Gasteiger partial charge in [-0.3, -0.25) is 4.79 Å². The van der Waals surface area contributed by atoms with E-state index in [4.69, 9.17) is 22.0 Å². The number of benzene rings is 1. The summed E-state index contributed by atoms with van der Waals surface area (Å²) in [6.07, 6.45) is 1.53. The van der Waals surface area contributed by atoms with Crippen LogP contribution in [-0.4, -0.2) is 23.0 Å². The Morgan fingerprint density at radius 1 is 1.42 bits per heavy atom. The maximum Gasteiger partial charge on any atom is 0.326 e. The number of carbonyl (C=O) groups is 2. The summed E-state index contributed by atoms with van der Waals surface area (Å²) in [5.41, 5.74) is 1.33. The molecule has 6 nitrogen and oxygen atoms in total. The van der Waals surface area contributed by atoms with Gasteiger partial charge in [0.05, 0.1) is 0 Å². The SMILES string of the molecule is Cc1cc(Cl)ccc1N/C=C(/C#N)C(=O)NC(CC(C)C)C(=O)O. The van der Waals surface area contributed by atoms with Crippen molar-refractivity contribution >= 4 is 29.2 Å². The van der Waals surface area contributed by atoms with Crippen molar-refractivity contribution in [1.82, 2.24) is 5.32 Å². The summed E-state index contributed by atoms with van der Waals surface area (Å²) in [6, 6.07) is 5.88. The average Bonchev–Trinajstić information content (AvgIpc) is 2.48. The minimum atomic E-state index is -1.13. The van der Waals surface area contributed by atoms with Crippen molar-refractivity contribution < 1.29 is 14.7 Å². The van der Waals surface area contributed by atoms with Gasteiger partial charge in [0.15, 0.2) is 0 Å². The number of carboxylic acids is 1.